The van der Waals surface area contributed by atoms with Crippen LogP contribution in [-0.2, 0) is 6.61 Å². The number of aliphatic hydroxyl groups is 1. The average Bonchev–Trinajstić information content (AvgIpc) is 2.78. The van der Waals surface area contributed by atoms with Gasteiger partial charge in [-0.3, -0.25) is 5.10 Å². The lowest BCUT2D eigenvalue weighted by atomic mass is 10.1. The van der Waals surface area contributed by atoms with Gasteiger partial charge in [0, 0.05) is 18.0 Å². The molecule has 17 heavy (non-hydrogen) atoms. The van der Waals surface area contributed by atoms with E-state index in [2.05, 4.69) is 39.3 Å². The average molecular weight is 233 g/mol. The van der Waals surface area contributed by atoms with Gasteiger partial charge in [0.05, 0.1) is 0 Å². The van der Waals surface area contributed by atoms with E-state index in [0.717, 1.165) is 5.69 Å². The third kappa shape index (κ3) is 2.79. The summed E-state index contributed by atoms with van der Waals surface area (Å²) in [5, 5.41) is 19.1. The van der Waals surface area contributed by atoms with E-state index in [-0.39, 0.29) is 6.61 Å². The fraction of sp³-hybridized carbons (Fsp3) is 0.364. The van der Waals surface area contributed by atoms with Crippen LogP contribution in [0.4, 0.5) is 11.6 Å². The normalized spacial score (nSPS) is 10.8. The van der Waals surface area contributed by atoms with E-state index in [4.69, 9.17) is 5.11 Å². The van der Waals surface area contributed by atoms with Gasteiger partial charge in [0.25, 0.3) is 0 Å². The number of aromatic nitrogens is 4. The van der Waals surface area contributed by atoms with E-state index in [1.54, 1.807) is 12.3 Å². The number of rotatable bonds is 4. The summed E-state index contributed by atoms with van der Waals surface area (Å²) in [7, 11) is 0. The van der Waals surface area contributed by atoms with Crippen molar-refractivity contribution in [3.63, 3.8) is 0 Å². The summed E-state index contributed by atoms with van der Waals surface area (Å²) in [6, 6.07) is 3.66. The predicted octanol–water partition coefficient (Wildman–Crippen LogP) is 1.56. The van der Waals surface area contributed by atoms with Crippen molar-refractivity contribution in [2.24, 2.45) is 0 Å². The Morgan fingerprint density at radius 3 is 2.88 bits per heavy atom. The maximum absolute atomic E-state index is 8.93. The lowest BCUT2D eigenvalue weighted by molar-refractivity contribution is 0.271. The molecule has 0 saturated carbocycles. The largest absolute Gasteiger partial charge is 0.388 e. The molecule has 0 bridgehead atoms. The maximum atomic E-state index is 8.93. The summed E-state index contributed by atoms with van der Waals surface area (Å²) < 4.78 is 0. The van der Waals surface area contributed by atoms with Crippen molar-refractivity contribution in [3.05, 3.63) is 29.8 Å². The van der Waals surface area contributed by atoms with E-state index in [9.17, 15) is 0 Å². The monoisotopic (exact) mass is 233 g/mol. The van der Waals surface area contributed by atoms with Gasteiger partial charge in [0.1, 0.15) is 12.4 Å². The standard InChI is InChI=1S/C11H15N5O/c1-7(2)8-5-10(16-15-8)13-9-3-4-12-11(6-17)14-9/h3-5,7,17H,6H2,1-2H3,(H2,12,13,14,15,16). The highest BCUT2D eigenvalue weighted by atomic mass is 16.3. The number of aromatic amines is 1. The topological polar surface area (TPSA) is 86.7 Å². The highest BCUT2D eigenvalue weighted by Gasteiger charge is 2.05. The van der Waals surface area contributed by atoms with Gasteiger partial charge in [-0.15, -0.1) is 0 Å². The molecule has 90 valence electrons. The third-order valence-corrected chi connectivity index (χ3v) is 2.32. The van der Waals surface area contributed by atoms with Crippen LogP contribution in [0, 0.1) is 0 Å². The molecule has 0 aliphatic rings. The Hall–Kier alpha value is -1.95. The van der Waals surface area contributed by atoms with Crippen LogP contribution < -0.4 is 5.32 Å². The summed E-state index contributed by atoms with van der Waals surface area (Å²) >= 11 is 0. The van der Waals surface area contributed by atoms with Crippen LogP contribution in [0.15, 0.2) is 18.3 Å². The summed E-state index contributed by atoms with van der Waals surface area (Å²) in [5.74, 6) is 2.10. The molecule has 0 saturated heterocycles. The Bertz CT molecular complexity index is 494. The van der Waals surface area contributed by atoms with Crippen LogP contribution in [0.1, 0.15) is 31.3 Å². The molecular weight excluding hydrogens is 218 g/mol. The van der Waals surface area contributed by atoms with Crippen LogP contribution >= 0.6 is 0 Å². The molecule has 2 heterocycles. The number of hydrogen-bond acceptors (Lipinski definition) is 5. The Labute approximate surface area is 99.1 Å². The minimum absolute atomic E-state index is 0.173. The molecule has 2 aromatic rings. The molecular formula is C11H15N5O. The highest BCUT2D eigenvalue weighted by Crippen LogP contribution is 2.17. The molecule has 0 aromatic carbocycles. The Balaban J connectivity index is 2.13. The lowest BCUT2D eigenvalue weighted by Gasteiger charge is -2.02. The molecule has 0 atom stereocenters. The molecule has 6 heteroatoms. The summed E-state index contributed by atoms with van der Waals surface area (Å²) in [6.45, 7) is 4.00. The molecule has 0 amide bonds. The molecule has 2 rings (SSSR count). The number of anilines is 2. The molecule has 0 radical (unpaired) electrons. The SMILES string of the molecule is CC(C)c1cc(Nc2ccnc(CO)n2)n[nH]1. The van der Waals surface area contributed by atoms with Gasteiger partial charge in [0.2, 0.25) is 0 Å². The molecule has 2 aromatic heterocycles. The van der Waals surface area contributed by atoms with Crippen molar-refractivity contribution >= 4 is 11.6 Å². The highest BCUT2D eigenvalue weighted by molar-refractivity contribution is 5.51. The number of hydrogen-bond donors (Lipinski definition) is 3. The van der Waals surface area contributed by atoms with Crippen LogP contribution in [0.5, 0.6) is 0 Å². The smallest absolute Gasteiger partial charge is 0.156 e. The Morgan fingerprint density at radius 2 is 2.24 bits per heavy atom. The number of nitrogens with one attached hydrogen (secondary N) is 2. The first kappa shape index (κ1) is 11.5. The first-order chi connectivity index (χ1) is 8.19. The van der Waals surface area contributed by atoms with Crippen LogP contribution in [0.25, 0.3) is 0 Å². The minimum Gasteiger partial charge on any atom is -0.388 e. The molecule has 0 aliphatic heterocycles. The minimum atomic E-state index is -0.173. The second kappa shape index (κ2) is 4.92. The van der Waals surface area contributed by atoms with Gasteiger partial charge >= 0.3 is 0 Å². The van der Waals surface area contributed by atoms with Gasteiger partial charge in [-0.1, -0.05) is 13.8 Å². The Morgan fingerprint density at radius 1 is 1.41 bits per heavy atom. The van der Waals surface area contributed by atoms with E-state index in [1.165, 1.54) is 0 Å². The first-order valence-electron chi connectivity index (χ1n) is 5.44. The van der Waals surface area contributed by atoms with Crippen molar-refractivity contribution < 1.29 is 5.11 Å². The second-order valence-corrected chi connectivity index (χ2v) is 4.00. The molecule has 0 fully saturated rings. The van der Waals surface area contributed by atoms with Gasteiger partial charge in [-0.2, -0.15) is 5.10 Å². The van der Waals surface area contributed by atoms with Crippen LogP contribution in [-0.4, -0.2) is 25.3 Å². The van der Waals surface area contributed by atoms with Crippen molar-refractivity contribution in [3.8, 4) is 0 Å². The zero-order chi connectivity index (χ0) is 12.3. The predicted molar refractivity (Wildman–Crippen MR) is 63.9 cm³/mol. The van der Waals surface area contributed by atoms with Gasteiger partial charge in [0.15, 0.2) is 11.6 Å². The number of aliphatic hydroxyl groups excluding tert-OH is 1. The van der Waals surface area contributed by atoms with Gasteiger partial charge in [-0.25, -0.2) is 9.97 Å². The summed E-state index contributed by atoms with van der Waals surface area (Å²) in [5.41, 5.74) is 1.06. The Kier molecular flexibility index (Phi) is 3.34. The van der Waals surface area contributed by atoms with Crippen molar-refractivity contribution in [2.45, 2.75) is 26.4 Å². The van der Waals surface area contributed by atoms with E-state index in [1.807, 2.05) is 6.07 Å². The van der Waals surface area contributed by atoms with Crippen molar-refractivity contribution in [2.75, 3.05) is 5.32 Å². The quantitative estimate of drug-likeness (QED) is 0.746. The molecule has 0 unspecified atom stereocenters. The zero-order valence-corrected chi connectivity index (χ0v) is 9.81. The number of nitrogens with zero attached hydrogens (tertiary/aromatic N) is 3. The van der Waals surface area contributed by atoms with E-state index in [0.29, 0.717) is 23.4 Å². The summed E-state index contributed by atoms with van der Waals surface area (Å²) in [4.78, 5) is 8.02. The number of H-pyrrole nitrogens is 1. The first-order valence-corrected chi connectivity index (χ1v) is 5.44. The van der Waals surface area contributed by atoms with Crippen LogP contribution in [0.2, 0.25) is 0 Å². The van der Waals surface area contributed by atoms with Crippen molar-refractivity contribution in [1.82, 2.24) is 20.2 Å². The van der Waals surface area contributed by atoms with Gasteiger partial charge in [-0.05, 0) is 12.0 Å². The molecule has 6 nitrogen and oxygen atoms in total. The molecule has 0 spiro atoms. The maximum Gasteiger partial charge on any atom is 0.156 e. The second-order valence-electron chi connectivity index (χ2n) is 4.00. The fourth-order valence-corrected chi connectivity index (χ4v) is 1.37. The lowest BCUT2D eigenvalue weighted by Crippen LogP contribution is -1.99. The van der Waals surface area contributed by atoms with E-state index >= 15 is 0 Å². The van der Waals surface area contributed by atoms with Crippen LogP contribution in [0.3, 0.4) is 0 Å². The molecule has 0 aliphatic carbocycles. The molecule has 3 N–H and O–H groups in total. The zero-order valence-electron chi connectivity index (χ0n) is 9.81. The summed E-state index contributed by atoms with van der Waals surface area (Å²) in [6.07, 6.45) is 1.59. The fourth-order valence-electron chi connectivity index (χ4n) is 1.37. The third-order valence-electron chi connectivity index (χ3n) is 2.32. The van der Waals surface area contributed by atoms with E-state index < -0.39 is 0 Å². The van der Waals surface area contributed by atoms with Gasteiger partial charge < -0.3 is 10.4 Å². The van der Waals surface area contributed by atoms with Crippen molar-refractivity contribution in [1.29, 1.82) is 0 Å².